The highest BCUT2D eigenvalue weighted by Crippen LogP contribution is 2.25. The molecular weight excluding hydrogens is 270 g/mol. The number of carbonyl (C=O) groups is 2. The van der Waals surface area contributed by atoms with E-state index in [0.717, 1.165) is 6.54 Å². The standard InChI is InChI=1S/C15H31N3O3/c1-7-15(8-2,13(19)20)11-16-14(21)18(9-3)12(4)10-17(5)6/h12H,7-11H2,1-6H3,(H,16,21)(H,19,20). The molecule has 1 unspecified atom stereocenters. The highest BCUT2D eigenvalue weighted by Gasteiger charge is 2.35. The highest BCUT2D eigenvalue weighted by atomic mass is 16.4. The van der Waals surface area contributed by atoms with Crippen LogP contribution in [-0.2, 0) is 4.79 Å². The molecule has 0 saturated carbocycles. The van der Waals surface area contributed by atoms with Gasteiger partial charge in [-0.2, -0.15) is 0 Å². The highest BCUT2D eigenvalue weighted by molar-refractivity contribution is 5.78. The Morgan fingerprint density at radius 2 is 1.71 bits per heavy atom. The van der Waals surface area contributed by atoms with E-state index in [-0.39, 0.29) is 18.6 Å². The summed E-state index contributed by atoms with van der Waals surface area (Å²) in [6, 6.07) is -0.119. The van der Waals surface area contributed by atoms with Gasteiger partial charge in [-0.25, -0.2) is 4.79 Å². The van der Waals surface area contributed by atoms with Gasteiger partial charge in [0.25, 0.3) is 0 Å². The third kappa shape index (κ3) is 5.53. The van der Waals surface area contributed by atoms with Gasteiger partial charge in [0.05, 0.1) is 5.41 Å². The second-order valence-electron chi connectivity index (χ2n) is 5.85. The maximum absolute atomic E-state index is 12.3. The maximum atomic E-state index is 12.3. The quantitative estimate of drug-likeness (QED) is 0.682. The number of amides is 2. The van der Waals surface area contributed by atoms with E-state index in [0.29, 0.717) is 19.4 Å². The molecule has 0 aromatic carbocycles. The molecule has 2 N–H and O–H groups in total. The number of hydrogen-bond acceptors (Lipinski definition) is 3. The molecule has 0 aromatic rings. The molecule has 0 radical (unpaired) electrons. The first-order valence-corrected chi connectivity index (χ1v) is 7.66. The fourth-order valence-corrected chi connectivity index (χ4v) is 2.51. The SMILES string of the molecule is CCN(C(=O)NCC(CC)(CC)C(=O)O)C(C)CN(C)C. The molecule has 21 heavy (non-hydrogen) atoms. The minimum atomic E-state index is -0.875. The maximum Gasteiger partial charge on any atom is 0.317 e. The first kappa shape index (κ1) is 19.7. The lowest BCUT2D eigenvalue weighted by molar-refractivity contribution is -0.149. The minimum Gasteiger partial charge on any atom is -0.481 e. The summed E-state index contributed by atoms with van der Waals surface area (Å²) in [5, 5.41) is 12.2. The van der Waals surface area contributed by atoms with E-state index in [9.17, 15) is 14.7 Å². The second-order valence-corrected chi connectivity index (χ2v) is 5.85. The molecule has 0 aliphatic carbocycles. The minimum absolute atomic E-state index is 0.0764. The van der Waals surface area contributed by atoms with E-state index < -0.39 is 11.4 Å². The molecule has 124 valence electrons. The van der Waals surface area contributed by atoms with Crippen LogP contribution >= 0.6 is 0 Å². The van der Waals surface area contributed by atoms with Crippen LogP contribution in [0.1, 0.15) is 40.5 Å². The van der Waals surface area contributed by atoms with Crippen molar-refractivity contribution in [1.82, 2.24) is 15.1 Å². The largest absolute Gasteiger partial charge is 0.481 e. The number of urea groups is 1. The zero-order valence-electron chi connectivity index (χ0n) is 14.3. The van der Waals surface area contributed by atoms with Gasteiger partial charge in [-0.15, -0.1) is 0 Å². The number of rotatable bonds is 9. The number of nitrogens with zero attached hydrogens (tertiary/aromatic N) is 2. The normalized spacial score (nSPS) is 13.1. The number of aliphatic carboxylic acids is 1. The average Bonchev–Trinajstić information content (AvgIpc) is 2.40. The lowest BCUT2D eigenvalue weighted by atomic mass is 9.82. The summed E-state index contributed by atoms with van der Waals surface area (Å²) < 4.78 is 0. The van der Waals surface area contributed by atoms with Gasteiger partial charge in [-0.1, -0.05) is 13.8 Å². The van der Waals surface area contributed by atoms with E-state index in [1.54, 1.807) is 4.90 Å². The van der Waals surface area contributed by atoms with Crippen molar-refractivity contribution >= 4 is 12.0 Å². The monoisotopic (exact) mass is 301 g/mol. The molecule has 6 heteroatoms. The van der Waals surface area contributed by atoms with Crippen LogP contribution in [0.2, 0.25) is 0 Å². The fraction of sp³-hybridized carbons (Fsp3) is 0.867. The van der Waals surface area contributed by atoms with E-state index in [4.69, 9.17) is 0 Å². The molecule has 0 bridgehead atoms. The third-order valence-electron chi connectivity index (χ3n) is 4.15. The lowest BCUT2D eigenvalue weighted by Crippen LogP contribution is -2.51. The van der Waals surface area contributed by atoms with Crippen LogP contribution in [0.15, 0.2) is 0 Å². The van der Waals surface area contributed by atoms with Gasteiger partial charge in [0.2, 0.25) is 0 Å². The lowest BCUT2D eigenvalue weighted by Gasteiger charge is -2.32. The second kappa shape index (κ2) is 8.87. The molecule has 0 fully saturated rings. The van der Waals surface area contributed by atoms with Gasteiger partial charge < -0.3 is 20.2 Å². The number of nitrogens with one attached hydrogen (secondary N) is 1. The van der Waals surface area contributed by atoms with E-state index in [2.05, 4.69) is 5.32 Å². The molecule has 0 aliphatic heterocycles. The molecule has 0 rings (SSSR count). The van der Waals surface area contributed by atoms with Gasteiger partial charge in [0.15, 0.2) is 0 Å². The number of carboxylic acid groups (broad SMARTS) is 1. The zero-order valence-corrected chi connectivity index (χ0v) is 14.3. The van der Waals surface area contributed by atoms with Crippen molar-refractivity contribution in [2.24, 2.45) is 5.41 Å². The number of carbonyl (C=O) groups excluding carboxylic acids is 1. The first-order chi connectivity index (χ1) is 9.73. The van der Waals surface area contributed by atoms with Gasteiger partial charge in [-0.05, 0) is 40.8 Å². The van der Waals surface area contributed by atoms with Crippen LogP contribution in [0.3, 0.4) is 0 Å². The van der Waals surface area contributed by atoms with Crippen LogP contribution < -0.4 is 5.32 Å². The summed E-state index contributed by atoms with van der Waals surface area (Å²) in [4.78, 5) is 27.5. The summed E-state index contributed by atoms with van der Waals surface area (Å²) in [7, 11) is 3.93. The Kier molecular flexibility index (Phi) is 8.32. The van der Waals surface area contributed by atoms with Crippen molar-refractivity contribution in [3.8, 4) is 0 Å². The fourth-order valence-electron chi connectivity index (χ4n) is 2.51. The van der Waals surface area contributed by atoms with Crippen molar-refractivity contribution in [2.45, 2.75) is 46.6 Å². The Morgan fingerprint density at radius 1 is 1.19 bits per heavy atom. The number of hydrogen-bond donors (Lipinski definition) is 2. The molecule has 1 atom stereocenters. The van der Waals surface area contributed by atoms with Crippen molar-refractivity contribution in [3.63, 3.8) is 0 Å². The summed E-state index contributed by atoms with van der Waals surface area (Å²) in [5.74, 6) is -0.850. The molecule has 2 amide bonds. The van der Waals surface area contributed by atoms with Crippen LogP contribution in [0, 0.1) is 5.41 Å². The molecule has 0 saturated heterocycles. The van der Waals surface area contributed by atoms with Gasteiger partial charge >= 0.3 is 12.0 Å². The average molecular weight is 301 g/mol. The van der Waals surface area contributed by atoms with Gasteiger partial charge in [-0.3, -0.25) is 4.79 Å². The van der Waals surface area contributed by atoms with Crippen molar-refractivity contribution in [2.75, 3.05) is 33.7 Å². The summed E-state index contributed by atoms with van der Waals surface area (Å²) in [5.41, 5.74) is -0.875. The molecule has 0 heterocycles. The molecule has 0 aromatic heterocycles. The van der Waals surface area contributed by atoms with E-state index in [1.807, 2.05) is 46.7 Å². The Morgan fingerprint density at radius 3 is 2.05 bits per heavy atom. The van der Waals surface area contributed by atoms with Crippen molar-refractivity contribution < 1.29 is 14.7 Å². The van der Waals surface area contributed by atoms with Crippen molar-refractivity contribution in [3.05, 3.63) is 0 Å². The van der Waals surface area contributed by atoms with Crippen molar-refractivity contribution in [1.29, 1.82) is 0 Å². The zero-order chi connectivity index (χ0) is 16.6. The third-order valence-corrected chi connectivity index (χ3v) is 4.15. The Balaban J connectivity index is 4.74. The van der Waals surface area contributed by atoms with Crippen LogP contribution in [0.4, 0.5) is 4.79 Å². The Hall–Kier alpha value is -1.30. The number of carboxylic acids is 1. The molecule has 6 nitrogen and oxygen atoms in total. The van der Waals surface area contributed by atoms with Gasteiger partial charge in [0, 0.05) is 25.7 Å². The predicted octanol–water partition coefficient (Wildman–Crippen LogP) is 1.86. The first-order valence-electron chi connectivity index (χ1n) is 7.66. The summed E-state index contributed by atoms with van der Waals surface area (Å²) in [6.45, 7) is 9.14. The molecule has 0 spiro atoms. The van der Waals surface area contributed by atoms with E-state index in [1.165, 1.54) is 0 Å². The van der Waals surface area contributed by atoms with Crippen LogP contribution in [0.5, 0.6) is 0 Å². The number of likely N-dealkylation sites (N-methyl/N-ethyl adjacent to an activating group) is 2. The van der Waals surface area contributed by atoms with E-state index >= 15 is 0 Å². The predicted molar refractivity (Wildman–Crippen MR) is 84.4 cm³/mol. The summed E-state index contributed by atoms with van der Waals surface area (Å²) in [6.07, 6.45) is 0.997. The van der Waals surface area contributed by atoms with Crippen LogP contribution in [-0.4, -0.2) is 66.7 Å². The Bertz CT molecular complexity index is 341. The molecule has 0 aliphatic rings. The van der Waals surface area contributed by atoms with Gasteiger partial charge in [0.1, 0.15) is 0 Å². The Labute approximate surface area is 128 Å². The topological polar surface area (TPSA) is 72.9 Å². The summed E-state index contributed by atoms with van der Waals surface area (Å²) >= 11 is 0. The smallest absolute Gasteiger partial charge is 0.317 e. The van der Waals surface area contributed by atoms with Crippen LogP contribution in [0.25, 0.3) is 0 Å². The molecular formula is C15H31N3O3.